The van der Waals surface area contributed by atoms with Crippen molar-refractivity contribution in [1.29, 1.82) is 0 Å². The van der Waals surface area contributed by atoms with Gasteiger partial charge in [-0.25, -0.2) is 0 Å². The number of hydrogen-bond donors (Lipinski definition) is 2. The van der Waals surface area contributed by atoms with Crippen molar-refractivity contribution >= 4 is 5.91 Å². The molecule has 0 radical (unpaired) electrons. The minimum atomic E-state index is 0.142. The van der Waals surface area contributed by atoms with Crippen molar-refractivity contribution in [2.24, 2.45) is 11.7 Å². The molecule has 0 aromatic rings. The third-order valence-electron chi connectivity index (χ3n) is 3.31. The first-order valence-corrected chi connectivity index (χ1v) is 6.82. The van der Waals surface area contributed by atoms with Gasteiger partial charge >= 0.3 is 0 Å². The maximum Gasteiger partial charge on any atom is 0.220 e. The molecule has 0 aromatic carbocycles. The zero-order chi connectivity index (χ0) is 12.5. The lowest BCUT2D eigenvalue weighted by atomic mass is 9.86. The van der Waals surface area contributed by atoms with Gasteiger partial charge in [0.25, 0.3) is 0 Å². The highest BCUT2D eigenvalue weighted by atomic mass is 16.5. The van der Waals surface area contributed by atoms with Crippen LogP contribution in [0, 0.1) is 5.92 Å². The summed E-state index contributed by atoms with van der Waals surface area (Å²) in [6, 6.07) is 0.337. The zero-order valence-electron chi connectivity index (χ0n) is 10.9. The van der Waals surface area contributed by atoms with Crippen molar-refractivity contribution in [1.82, 2.24) is 5.32 Å². The van der Waals surface area contributed by atoms with Crippen LogP contribution in [-0.2, 0) is 9.53 Å². The topological polar surface area (TPSA) is 64.3 Å². The molecule has 4 nitrogen and oxygen atoms in total. The minimum Gasteiger partial charge on any atom is -0.382 e. The van der Waals surface area contributed by atoms with E-state index in [0.29, 0.717) is 25.0 Å². The third kappa shape index (κ3) is 6.64. The Kier molecular flexibility index (Phi) is 7.21. The summed E-state index contributed by atoms with van der Waals surface area (Å²) in [6.07, 6.45) is 5.97. The van der Waals surface area contributed by atoms with Gasteiger partial charge in [0.1, 0.15) is 0 Å². The molecule has 2 atom stereocenters. The molecule has 17 heavy (non-hydrogen) atoms. The molecule has 1 saturated carbocycles. The van der Waals surface area contributed by atoms with Crippen LogP contribution in [0.1, 0.15) is 45.4 Å². The van der Waals surface area contributed by atoms with Crippen LogP contribution in [0.3, 0.4) is 0 Å². The molecular formula is C13H26N2O2. The summed E-state index contributed by atoms with van der Waals surface area (Å²) in [5, 5.41) is 3.00. The fourth-order valence-corrected chi connectivity index (χ4v) is 2.34. The van der Waals surface area contributed by atoms with E-state index in [-0.39, 0.29) is 5.91 Å². The molecule has 0 aromatic heterocycles. The van der Waals surface area contributed by atoms with Crippen LogP contribution < -0.4 is 11.1 Å². The lowest BCUT2D eigenvalue weighted by Crippen LogP contribution is -2.35. The van der Waals surface area contributed by atoms with Crippen molar-refractivity contribution in [3.05, 3.63) is 0 Å². The monoisotopic (exact) mass is 242 g/mol. The van der Waals surface area contributed by atoms with Crippen molar-refractivity contribution in [3.8, 4) is 0 Å². The second-order valence-corrected chi connectivity index (χ2v) is 4.90. The average molecular weight is 242 g/mol. The molecule has 0 bridgehead atoms. The van der Waals surface area contributed by atoms with Gasteiger partial charge in [-0.15, -0.1) is 0 Å². The quantitative estimate of drug-likeness (QED) is 0.664. The Bertz CT molecular complexity index is 221. The third-order valence-corrected chi connectivity index (χ3v) is 3.31. The fourth-order valence-electron chi connectivity index (χ4n) is 2.34. The van der Waals surface area contributed by atoms with Gasteiger partial charge in [-0.05, 0) is 38.5 Å². The van der Waals surface area contributed by atoms with Crippen LogP contribution in [0.15, 0.2) is 0 Å². The number of carbonyl (C=O) groups excluding carboxylic acids is 1. The van der Waals surface area contributed by atoms with Crippen LogP contribution in [0.4, 0.5) is 0 Å². The van der Waals surface area contributed by atoms with Gasteiger partial charge < -0.3 is 15.8 Å². The van der Waals surface area contributed by atoms with Crippen LogP contribution in [-0.4, -0.2) is 31.7 Å². The maximum absolute atomic E-state index is 11.5. The molecule has 2 unspecified atom stereocenters. The number of ether oxygens (including phenoxy) is 1. The summed E-state index contributed by atoms with van der Waals surface area (Å²) < 4.78 is 5.20. The van der Waals surface area contributed by atoms with E-state index in [1.165, 1.54) is 12.8 Å². The predicted octanol–water partition coefficient (Wildman–Crippen LogP) is 1.44. The second-order valence-electron chi connectivity index (χ2n) is 4.90. The molecular weight excluding hydrogens is 216 g/mol. The fraction of sp³-hybridized carbons (Fsp3) is 0.923. The molecule has 1 aliphatic rings. The summed E-state index contributed by atoms with van der Waals surface area (Å²) in [5.74, 6) is 0.721. The molecule has 3 N–H and O–H groups in total. The molecule has 1 amide bonds. The Morgan fingerprint density at radius 2 is 2.29 bits per heavy atom. The minimum absolute atomic E-state index is 0.142. The van der Waals surface area contributed by atoms with Crippen LogP contribution in [0.5, 0.6) is 0 Å². The molecule has 0 saturated heterocycles. The Morgan fingerprint density at radius 1 is 1.47 bits per heavy atom. The normalized spacial score (nSPS) is 24.6. The Labute approximate surface area is 104 Å². The van der Waals surface area contributed by atoms with Gasteiger partial charge in [-0.2, -0.15) is 0 Å². The van der Waals surface area contributed by atoms with E-state index >= 15 is 0 Å². The van der Waals surface area contributed by atoms with Crippen molar-refractivity contribution in [3.63, 3.8) is 0 Å². The van der Waals surface area contributed by atoms with E-state index in [2.05, 4.69) is 5.32 Å². The lowest BCUT2D eigenvalue weighted by Gasteiger charge is -2.26. The molecule has 0 heterocycles. The summed E-state index contributed by atoms with van der Waals surface area (Å²) in [6.45, 7) is 4.16. The first-order valence-electron chi connectivity index (χ1n) is 6.82. The second kappa shape index (κ2) is 8.48. The molecule has 1 rings (SSSR count). The SMILES string of the molecule is CCOCCCC(=O)NCC1CCCC(N)C1. The molecule has 1 fully saturated rings. The standard InChI is InChI=1S/C13H26N2O2/c1-2-17-8-4-7-13(16)15-10-11-5-3-6-12(14)9-11/h11-12H,2-10,14H2,1H3,(H,15,16). The highest BCUT2D eigenvalue weighted by Gasteiger charge is 2.19. The van der Waals surface area contributed by atoms with Gasteiger partial charge in [0.15, 0.2) is 0 Å². The van der Waals surface area contributed by atoms with Crippen molar-refractivity contribution < 1.29 is 9.53 Å². The predicted molar refractivity (Wildman–Crippen MR) is 68.7 cm³/mol. The molecule has 0 aliphatic heterocycles. The molecule has 100 valence electrons. The van der Waals surface area contributed by atoms with Gasteiger partial charge in [-0.3, -0.25) is 4.79 Å². The molecule has 1 aliphatic carbocycles. The Hall–Kier alpha value is -0.610. The number of carbonyl (C=O) groups is 1. The Morgan fingerprint density at radius 3 is 3.00 bits per heavy atom. The average Bonchev–Trinajstić information content (AvgIpc) is 2.32. The number of nitrogens with one attached hydrogen (secondary N) is 1. The van der Waals surface area contributed by atoms with Crippen LogP contribution >= 0.6 is 0 Å². The number of nitrogens with two attached hydrogens (primary N) is 1. The smallest absolute Gasteiger partial charge is 0.220 e. The van der Waals surface area contributed by atoms with Gasteiger partial charge in [0.2, 0.25) is 5.91 Å². The van der Waals surface area contributed by atoms with E-state index in [0.717, 1.165) is 32.4 Å². The first kappa shape index (κ1) is 14.5. The molecule has 0 spiro atoms. The van der Waals surface area contributed by atoms with Gasteiger partial charge in [0.05, 0.1) is 0 Å². The highest BCUT2D eigenvalue weighted by Crippen LogP contribution is 2.22. The van der Waals surface area contributed by atoms with Gasteiger partial charge in [-0.1, -0.05) is 6.42 Å². The van der Waals surface area contributed by atoms with E-state index in [1.807, 2.05) is 6.92 Å². The maximum atomic E-state index is 11.5. The summed E-state index contributed by atoms with van der Waals surface area (Å²) >= 11 is 0. The number of amides is 1. The largest absolute Gasteiger partial charge is 0.382 e. The van der Waals surface area contributed by atoms with Gasteiger partial charge in [0, 0.05) is 32.2 Å². The highest BCUT2D eigenvalue weighted by molar-refractivity contribution is 5.75. The number of hydrogen-bond acceptors (Lipinski definition) is 3. The lowest BCUT2D eigenvalue weighted by molar-refractivity contribution is -0.121. The summed E-state index contributed by atoms with van der Waals surface area (Å²) in [7, 11) is 0. The molecule has 4 heteroatoms. The van der Waals surface area contributed by atoms with E-state index in [9.17, 15) is 4.79 Å². The van der Waals surface area contributed by atoms with E-state index < -0.39 is 0 Å². The Balaban J connectivity index is 2.02. The summed E-state index contributed by atoms with van der Waals surface area (Å²) in [4.78, 5) is 11.5. The van der Waals surface area contributed by atoms with Crippen LogP contribution in [0.25, 0.3) is 0 Å². The van der Waals surface area contributed by atoms with E-state index in [1.54, 1.807) is 0 Å². The van der Waals surface area contributed by atoms with Crippen LogP contribution in [0.2, 0.25) is 0 Å². The zero-order valence-corrected chi connectivity index (χ0v) is 10.9. The van der Waals surface area contributed by atoms with Crippen molar-refractivity contribution in [2.75, 3.05) is 19.8 Å². The first-order chi connectivity index (χ1) is 8.22. The summed E-state index contributed by atoms with van der Waals surface area (Å²) in [5.41, 5.74) is 5.92. The van der Waals surface area contributed by atoms with Crippen molar-refractivity contribution in [2.45, 2.75) is 51.5 Å². The van der Waals surface area contributed by atoms with E-state index in [4.69, 9.17) is 10.5 Å². The number of rotatable bonds is 7.